The molecule has 0 N–H and O–H groups in total. The van der Waals surface area contributed by atoms with Gasteiger partial charge in [-0.15, -0.1) is 0 Å². The minimum Gasteiger partial charge on any atom is -0.473 e. The molecule has 3 heteroatoms. The van der Waals surface area contributed by atoms with Gasteiger partial charge in [0, 0.05) is 12.4 Å². The van der Waals surface area contributed by atoms with Gasteiger partial charge in [0.1, 0.15) is 6.10 Å². The monoisotopic (exact) mass is 164 g/mol. The molecule has 1 aromatic heterocycles. The number of nitrogens with zero attached hydrogens (tertiary/aromatic N) is 2. The van der Waals surface area contributed by atoms with Crippen molar-refractivity contribution in [3.05, 3.63) is 18.6 Å². The quantitative estimate of drug-likeness (QED) is 0.681. The first kappa shape index (κ1) is 7.53. The van der Waals surface area contributed by atoms with Crippen LogP contribution in [-0.2, 0) is 0 Å². The predicted molar refractivity (Wildman–Crippen MR) is 44.8 cm³/mol. The van der Waals surface area contributed by atoms with Crippen molar-refractivity contribution in [2.75, 3.05) is 0 Å². The van der Waals surface area contributed by atoms with E-state index < -0.39 is 0 Å². The first-order valence-electron chi connectivity index (χ1n) is 4.29. The zero-order valence-electron chi connectivity index (χ0n) is 7.10. The van der Waals surface area contributed by atoms with Crippen LogP contribution in [0.1, 0.15) is 19.8 Å². The van der Waals surface area contributed by atoms with E-state index in [-0.39, 0.29) is 0 Å². The second-order valence-corrected chi connectivity index (χ2v) is 3.20. The first-order valence-corrected chi connectivity index (χ1v) is 4.29. The fraction of sp³-hybridized carbons (Fsp3) is 0.556. The number of hydrogen-bond acceptors (Lipinski definition) is 3. The Labute approximate surface area is 71.8 Å². The third-order valence-electron chi connectivity index (χ3n) is 2.13. The van der Waals surface area contributed by atoms with Gasteiger partial charge in [-0.25, -0.2) is 4.98 Å². The molecule has 0 amide bonds. The number of ether oxygens (including phenoxy) is 1. The van der Waals surface area contributed by atoms with E-state index in [2.05, 4.69) is 16.9 Å². The maximum atomic E-state index is 5.56. The van der Waals surface area contributed by atoms with Crippen molar-refractivity contribution in [3.8, 4) is 5.88 Å². The zero-order chi connectivity index (χ0) is 8.39. The van der Waals surface area contributed by atoms with Crippen molar-refractivity contribution in [2.45, 2.75) is 25.9 Å². The highest BCUT2D eigenvalue weighted by molar-refractivity contribution is 5.02. The Hall–Kier alpha value is -1.12. The van der Waals surface area contributed by atoms with Crippen LogP contribution in [0.25, 0.3) is 0 Å². The molecule has 1 unspecified atom stereocenters. The van der Waals surface area contributed by atoms with E-state index in [4.69, 9.17) is 4.74 Å². The van der Waals surface area contributed by atoms with Gasteiger partial charge in [0.05, 0.1) is 6.20 Å². The summed E-state index contributed by atoms with van der Waals surface area (Å²) in [5.41, 5.74) is 0. The van der Waals surface area contributed by atoms with Crippen LogP contribution < -0.4 is 4.74 Å². The molecular formula is C9H12N2O. The summed E-state index contributed by atoms with van der Waals surface area (Å²) in [7, 11) is 0. The van der Waals surface area contributed by atoms with E-state index >= 15 is 0 Å². The zero-order valence-corrected chi connectivity index (χ0v) is 7.10. The molecule has 0 aliphatic heterocycles. The summed E-state index contributed by atoms with van der Waals surface area (Å²) in [4.78, 5) is 7.97. The second kappa shape index (κ2) is 3.09. The average molecular weight is 164 g/mol. The van der Waals surface area contributed by atoms with Crippen LogP contribution in [0.2, 0.25) is 0 Å². The fourth-order valence-electron chi connectivity index (χ4n) is 1.20. The van der Waals surface area contributed by atoms with Gasteiger partial charge in [0.15, 0.2) is 0 Å². The summed E-state index contributed by atoms with van der Waals surface area (Å²) < 4.78 is 5.56. The van der Waals surface area contributed by atoms with Crippen LogP contribution in [0.4, 0.5) is 0 Å². The van der Waals surface area contributed by atoms with Gasteiger partial charge in [-0.3, -0.25) is 4.98 Å². The topological polar surface area (TPSA) is 35.0 Å². The third-order valence-corrected chi connectivity index (χ3v) is 2.13. The Kier molecular flexibility index (Phi) is 1.94. The summed E-state index contributed by atoms with van der Waals surface area (Å²) in [6, 6.07) is 0. The SMILES string of the molecule is CC(Oc1cnccn1)C1CC1. The minimum absolute atomic E-state index is 0.293. The smallest absolute Gasteiger partial charge is 0.232 e. The molecule has 2 rings (SSSR count). The van der Waals surface area contributed by atoms with Crippen LogP contribution in [-0.4, -0.2) is 16.1 Å². The molecule has 1 saturated carbocycles. The molecule has 0 aromatic carbocycles. The van der Waals surface area contributed by atoms with Gasteiger partial charge in [0.2, 0.25) is 5.88 Å². The molecule has 12 heavy (non-hydrogen) atoms. The summed E-state index contributed by atoms with van der Waals surface area (Å²) in [6.07, 6.45) is 7.83. The standard InChI is InChI=1S/C9H12N2O/c1-7(8-2-3-8)12-9-6-10-4-5-11-9/h4-8H,2-3H2,1H3. The van der Waals surface area contributed by atoms with E-state index in [0.717, 1.165) is 5.92 Å². The van der Waals surface area contributed by atoms with Crippen LogP contribution in [0.15, 0.2) is 18.6 Å². The maximum absolute atomic E-state index is 5.56. The highest BCUT2D eigenvalue weighted by atomic mass is 16.5. The highest BCUT2D eigenvalue weighted by Crippen LogP contribution is 2.34. The molecule has 1 aliphatic rings. The number of hydrogen-bond donors (Lipinski definition) is 0. The molecule has 0 radical (unpaired) electrons. The van der Waals surface area contributed by atoms with E-state index in [9.17, 15) is 0 Å². The molecule has 0 bridgehead atoms. The lowest BCUT2D eigenvalue weighted by Crippen LogP contribution is -2.14. The third kappa shape index (κ3) is 1.72. The second-order valence-electron chi connectivity index (χ2n) is 3.20. The molecule has 1 atom stereocenters. The van der Waals surface area contributed by atoms with Gasteiger partial charge in [-0.05, 0) is 25.7 Å². The lowest BCUT2D eigenvalue weighted by atomic mass is 10.3. The summed E-state index contributed by atoms with van der Waals surface area (Å²) in [5, 5.41) is 0. The molecule has 0 spiro atoms. The molecule has 1 heterocycles. The first-order chi connectivity index (χ1) is 5.86. The van der Waals surface area contributed by atoms with Gasteiger partial charge >= 0.3 is 0 Å². The van der Waals surface area contributed by atoms with Crippen LogP contribution in [0.3, 0.4) is 0 Å². The minimum atomic E-state index is 0.293. The summed E-state index contributed by atoms with van der Waals surface area (Å²) >= 11 is 0. The van der Waals surface area contributed by atoms with Gasteiger partial charge in [0.25, 0.3) is 0 Å². The van der Waals surface area contributed by atoms with Crippen LogP contribution >= 0.6 is 0 Å². The average Bonchev–Trinajstić information content (AvgIpc) is 2.88. The molecule has 1 fully saturated rings. The lowest BCUT2D eigenvalue weighted by Gasteiger charge is -2.11. The Bertz CT molecular complexity index is 246. The normalized spacial score (nSPS) is 18.8. The Morgan fingerprint density at radius 2 is 2.33 bits per heavy atom. The van der Waals surface area contributed by atoms with E-state index in [1.165, 1.54) is 12.8 Å². The Balaban J connectivity index is 1.94. The molecule has 3 nitrogen and oxygen atoms in total. The van der Waals surface area contributed by atoms with E-state index in [1.54, 1.807) is 18.6 Å². The van der Waals surface area contributed by atoms with Crippen LogP contribution in [0, 0.1) is 5.92 Å². The number of rotatable bonds is 3. The van der Waals surface area contributed by atoms with Crippen molar-refractivity contribution in [3.63, 3.8) is 0 Å². The summed E-state index contributed by atoms with van der Waals surface area (Å²) in [6.45, 7) is 2.09. The highest BCUT2D eigenvalue weighted by Gasteiger charge is 2.29. The van der Waals surface area contributed by atoms with Gasteiger partial charge in [-0.2, -0.15) is 0 Å². The van der Waals surface area contributed by atoms with E-state index in [0.29, 0.717) is 12.0 Å². The molecule has 64 valence electrons. The largest absolute Gasteiger partial charge is 0.473 e. The van der Waals surface area contributed by atoms with Crippen molar-refractivity contribution in [2.24, 2.45) is 5.92 Å². The van der Waals surface area contributed by atoms with Crippen molar-refractivity contribution in [1.29, 1.82) is 0 Å². The molecular weight excluding hydrogens is 152 g/mol. The fourth-order valence-corrected chi connectivity index (χ4v) is 1.20. The number of aromatic nitrogens is 2. The van der Waals surface area contributed by atoms with Crippen LogP contribution in [0.5, 0.6) is 5.88 Å². The molecule has 1 aliphatic carbocycles. The van der Waals surface area contributed by atoms with Crippen molar-refractivity contribution in [1.82, 2.24) is 9.97 Å². The molecule has 1 aromatic rings. The lowest BCUT2D eigenvalue weighted by molar-refractivity contribution is 0.189. The predicted octanol–water partition coefficient (Wildman–Crippen LogP) is 1.65. The Morgan fingerprint density at radius 3 is 2.92 bits per heavy atom. The maximum Gasteiger partial charge on any atom is 0.232 e. The van der Waals surface area contributed by atoms with Crippen molar-refractivity contribution >= 4 is 0 Å². The van der Waals surface area contributed by atoms with E-state index in [1.807, 2.05) is 0 Å². The van der Waals surface area contributed by atoms with Gasteiger partial charge in [-0.1, -0.05) is 0 Å². The Morgan fingerprint density at radius 1 is 1.50 bits per heavy atom. The molecule has 0 saturated heterocycles. The summed E-state index contributed by atoms with van der Waals surface area (Å²) in [5.74, 6) is 1.38. The van der Waals surface area contributed by atoms with Crippen molar-refractivity contribution < 1.29 is 4.74 Å². The van der Waals surface area contributed by atoms with Gasteiger partial charge < -0.3 is 4.74 Å².